The van der Waals surface area contributed by atoms with Crippen LogP contribution in [0.25, 0.3) is 0 Å². The Morgan fingerprint density at radius 2 is 2.09 bits per heavy atom. The predicted octanol–water partition coefficient (Wildman–Crippen LogP) is -1.64. The van der Waals surface area contributed by atoms with Crippen LogP contribution in [0, 0.1) is 5.92 Å². The van der Waals surface area contributed by atoms with Gasteiger partial charge in [0.2, 0.25) is 11.8 Å². The molecule has 62 valence electrons. The molecule has 1 fully saturated rings. The lowest BCUT2D eigenvalue weighted by Gasteiger charge is -2.42. The molecule has 0 aliphatic carbocycles. The molecular formula is C6H10N2O3. The highest BCUT2D eigenvalue weighted by atomic mass is 16.5. The van der Waals surface area contributed by atoms with Crippen LogP contribution in [0.5, 0.6) is 0 Å². The fourth-order valence-corrected chi connectivity index (χ4v) is 1.01. The van der Waals surface area contributed by atoms with Crippen LogP contribution < -0.4 is 11.5 Å². The molecule has 5 nitrogen and oxygen atoms in total. The molecule has 0 saturated carbocycles. The Labute approximate surface area is 63.7 Å². The Bertz CT molecular complexity index is 216. The van der Waals surface area contributed by atoms with Crippen LogP contribution >= 0.6 is 0 Å². The Hall–Kier alpha value is -1.10. The van der Waals surface area contributed by atoms with Gasteiger partial charge in [0.15, 0.2) is 5.60 Å². The Morgan fingerprint density at radius 3 is 2.18 bits per heavy atom. The van der Waals surface area contributed by atoms with Crippen molar-refractivity contribution in [1.29, 1.82) is 0 Å². The second-order valence-electron chi connectivity index (χ2n) is 2.74. The van der Waals surface area contributed by atoms with E-state index in [0.717, 1.165) is 0 Å². The molecule has 1 rings (SSSR count). The van der Waals surface area contributed by atoms with Crippen LogP contribution in [0.3, 0.4) is 0 Å². The highest BCUT2D eigenvalue weighted by Crippen LogP contribution is 2.31. The molecule has 5 heteroatoms. The minimum atomic E-state index is -1.17. The summed E-state index contributed by atoms with van der Waals surface area (Å²) in [5.41, 5.74) is 8.80. The van der Waals surface area contributed by atoms with Gasteiger partial charge in [-0.15, -0.1) is 0 Å². The average Bonchev–Trinajstić information content (AvgIpc) is 1.82. The zero-order valence-electron chi connectivity index (χ0n) is 6.16. The highest BCUT2D eigenvalue weighted by Gasteiger charge is 2.52. The van der Waals surface area contributed by atoms with Crippen molar-refractivity contribution >= 4 is 11.8 Å². The first-order valence-electron chi connectivity index (χ1n) is 3.21. The van der Waals surface area contributed by atoms with E-state index >= 15 is 0 Å². The van der Waals surface area contributed by atoms with E-state index in [4.69, 9.17) is 16.2 Å². The summed E-state index contributed by atoms with van der Waals surface area (Å²) in [5.74, 6) is -1.76. The first kappa shape index (κ1) is 8.00. The average molecular weight is 158 g/mol. The van der Waals surface area contributed by atoms with Crippen LogP contribution in [-0.2, 0) is 14.3 Å². The van der Waals surface area contributed by atoms with Crippen molar-refractivity contribution in [3.05, 3.63) is 0 Å². The molecule has 1 aliphatic heterocycles. The minimum Gasteiger partial charge on any atom is -0.369 e. The van der Waals surface area contributed by atoms with Gasteiger partial charge in [-0.3, -0.25) is 9.59 Å². The standard InChI is InChI=1S/C6H10N2O3/c1-6(5(8)10)3(2-11-6)4(7)9/h3H,2H2,1H3,(H2,7,9)(H2,8,10). The summed E-state index contributed by atoms with van der Waals surface area (Å²) in [6, 6.07) is 0. The summed E-state index contributed by atoms with van der Waals surface area (Å²) >= 11 is 0. The fraction of sp³-hybridized carbons (Fsp3) is 0.667. The SMILES string of the molecule is CC1(C(N)=O)OCC1C(N)=O. The number of hydrogen-bond acceptors (Lipinski definition) is 3. The molecular weight excluding hydrogens is 148 g/mol. The van der Waals surface area contributed by atoms with Gasteiger partial charge in [-0.25, -0.2) is 0 Å². The van der Waals surface area contributed by atoms with Gasteiger partial charge in [0.1, 0.15) is 0 Å². The summed E-state index contributed by atoms with van der Waals surface area (Å²) in [7, 11) is 0. The minimum absolute atomic E-state index is 0.189. The molecule has 0 aromatic carbocycles. The third kappa shape index (κ3) is 0.970. The van der Waals surface area contributed by atoms with Crippen LogP contribution in [0.1, 0.15) is 6.92 Å². The number of carbonyl (C=O) groups excluding carboxylic acids is 2. The second kappa shape index (κ2) is 2.20. The number of rotatable bonds is 2. The van der Waals surface area contributed by atoms with Gasteiger partial charge in [0.05, 0.1) is 12.5 Å². The maximum Gasteiger partial charge on any atom is 0.250 e. The molecule has 1 heterocycles. The molecule has 4 N–H and O–H groups in total. The molecule has 1 aliphatic rings. The molecule has 1 saturated heterocycles. The lowest BCUT2D eigenvalue weighted by atomic mass is 9.83. The van der Waals surface area contributed by atoms with E-state index in [1.54, 1.807) is 0 Å². The summed E-state index contributed by atoms with van der Waals surface area (Å²) in [4.78, 5) is 21.3. The molecule has 2 amide bonds. The number of carbonyl (C=O) groups is 2. The summed E-state index contributed by atoms with van der Waals surface area (Å²) in [5, 5.41) is 0. The molecule has 0 aromatic rings. The summed E-state index contributed by atoms with van der Waals surface area (Å²) < 4.78 is 4.88. The molecule has 0 spiro atoms. The van der Waals surface area contributed by atoms with E-state index in [1.165, 1.54) is 6.92 Å². The lowest BCUT2D eigenvalue weighted by Crippen LogP contribution is -2.63. The summed E-state index contributed by atoms with van der Waals surface area (Å²) in [6.45, 7) is 1.66. The van der Waals surface area contributed by atoms with E-state index in [-0.39, 0.29) is 6.61 Å². The van der Waals surface area contributed by atoms with Crippen molar-refractivity contribution in [1.82, 2.24) is 0 Å². The van der Waals surface area contributed by atoms with Gasteiger partial charge in [-0.05, 0) is 6.92 Å². The third-order valence-electron chi connectivity index (χ3n) is 2.05. The van der Waals surface area contributed by atoms with E-state index in [1.807, 2.05) is 0 Å². The second-order valence-corrected chi connectivity index (χ2v) is 2.74. The smallest absolute Gasteiger partial charge is 0.250 e. The normalized spacial score (nSPS) is 35.9. The van der Waals surface area contributed by atoms with Gasteiger partial charge in [-0.1, -0.05) is 0 Å². The van der Waals surface area contributed by atoms with Crippen LogP contribution in [-0.4, -0.2) is 24.0 Å². The van der Waals surface area contributed by atoms with Crippen LogP contribution in [0.15, 0.2) is 0 Å². The van der Waals surface area contributed by atoms with E-state index in [9.17, 15) is 9.59 Å². The van der Waals surface area contributed by atoms with E-state index in [0.29, 0.717) is 0 Å². The van der Waals surface area contributed by atoms with Crippen molar-refractivity contribution in [3.63, 3.8) is 0 Å². The molecule has 2 atom stereocenters. The maximum atomic E-state index is 10.7. The summed E-state index contributed by atoms with van der Waals surface area (Å²) in [6.07, 6.45) is 0. The Kier molecular flexibility index (Phi) is 1.60. The number of hydrogen-bond donors (Lipinski definition) is 2. The van der Waals surface area contributed by atoms with Crippen molar-refractivity contribution in [2.24, 2.45) is 17.4 Å². The molecule has 0 bridgehead atoms. The lowest BCUT2D eigenvalue weighted by molar-refractivity contribution is -0.198. The molecule has 2 unspecified atom stereocenters. The van der Waals surface area contributed by atoms with Gasteiger partial charge in [0, 0.05) is 0 Å². The number of ether oxygens (including phenoxy) is 1. The number of amides is 2. The topological polar surface area (TPSA) is 95.4 Å². The van der Waals surface area contributed by atoms with Crippen LogP contribution in [0.4, 0.5) is 0 Å². The third-order valence-corrected chi connectivity index (χ3v) is 2.05. The fourth-order valence-electron chi connectivity index (χ4n) is 1.01. The molecule has 11 heavy (non-hydrogen) atoms. The highest BCUT2D eigenvalue weighted by molar-refractivity contribution is 5.92. The quantitative estimate of drug-likeness (QED) is 0.504. The molecule has 0 radical (unpaired) electrons. The van der Waals surface area contributed by atoms with E-state index < -0.39 is 23.3 Å². The van der Waals surface area contributed by atoms with Crippen molar-refractivity contribution < 1.29 is 14.3 Å². The van der Waals surface area contributed by atoms with E-state index in [2.05, 4.69) is 0 Å². The van der Waals surface area contributed by atoms with Gasteiger partial charge in [-0.2, -0.15) is 0 Å². The number of primary amides is 2. The first-order chi connectivity index (χ1) is 4.98. The molecule has 0 aromatic heterocycles. The monoisotopic (exact) mass is 158 g/mol. The van der Waals surface area contributed by atoms with Crippen molar-refractivity contribution in [3.8, 4) is 0 Å². The van der Waals surface area contributed by atoms with Crippen molar-refractivity contribution in [2.45, 2.75) is 12.5 Å². The van der Waals surface area contributed by atoms with Crippen molar-refractivity contribution in [2.75, 3.05) is 6.61 Å². The Balaban J connectivity index is 2.75. The zero-order valence-corrected chi connectivity index (χ0v) is 6.16. The maximum absolute atomic E-state index is 10.7. The first-order valence-corrected chi connectivity index (χ1v) is 3.21. The predicted molar refractivity (Wildman–Crippen MR) is 36.2 cm³/mol. The van der Waals surface area contributed by atoms with Gasteiger partial charge >= 0.3 is 0 Å². The largest absolute Gasteiger partial charge is 0.369 e. The Morgan fingerprint density at radius 1 is 1.55 bits per heavy atom. The number of nitrogens with two attached hydrogens (primary N) is 2. The van der Waals surface area contributed by atoms with Gasteiger partial charge in [0.25, 0.3) is 0 Å². The zero-order chi connectivity index (χ0) is 8.65. The van der Waals surface area contributed by atoms with Crippen LogP contribution in [0.2, 0.25) is 0 Å². The van der Waals surface area contributed by atoms with Gasteiger partial charge < -0.3 is 16.2 Å².